The van der Waals surface area contributed by atoms with E-state index in [9.17, 15) is 23.1 Å². The van der Waals surface area contributed by atoms with Crippen LogP contribution in [-0.2, 0) is 11.0 Å². The summed E-state index contributed by atoms with van der Waals surface area (Å²) < 4.78 is 39.2. The Morgan fingerprint density at radius 3 is 2.42 bits per heavy atom. The van der Waals surface area contributed by atoms with Gasteiger partial charge in [-0.05, 0) is 68.8 Å². The van der Waals surface area contributed by atoms with Crippen molar-refractivity contribution in [3.8, 4) is 0 Å². The van der Waals surface area contributed by atoms with Crippen LogP contribution in [0.1, 0.15) is 44.1 Å². The van der Waals surface area contributed by atoms with E-state index in [0.717, 1.165) is 38.2 Å². The van der Waals surface area contributed by atoms with E-state index in [1.54, 1.807) is 11.0 Å². The molecule has 1 unspecified atom stereocenters. The van der Waals surface area contributed by atoms with Gasteiger partial charge in [0, 0.05) is 38.3 Å². The van der Waals surface area contributed by atoms with Crippen molar-refractivity contribution >= 4 is 11.6 Å². The number of piperidine rings is 1. The van der Waals surface area contributed by atoms with Gasteiger partial charge in [-0.2, -0.15) is 13.2 Å². The Labute approximate surface area is 181 Å². The van der Waals surface area contributed by atoms with E-state index in [1.165, 1.54) is 31.7 Å². The van der Waals surface area contributed by atoms with Crippen LogP contribution in [0.5, 0.6) is 0 Å². The quantitative estimate of drug-likeness (QED) is 0.739. The van der Waals surface area contributed by atoms with Crippen LogP contribution in [0.25, 0.3) is 0 Å². The second kappa shape index (κ2) is 8.98. The Hall–Kier alpha value is -1.80. The highest BCUT2D eigenvalue weighted by molar-refractivity contribution is 5.78. The largest absolute Gasteiger partial charge is 0.416 e. The molecule has 1 saturated carbocycles. The molecule has 5 nitrogen and oxygen atoms in total. The molecule has 1 aromatic carbocycles. The maximum atomic E-state index is 13.1. The number of carbonyl (C=O) groups is 1. The summed E-state index contributed by atoms with van der Waals surface area (Å²) in [7, 11) is 0. The normalized spacial score (nSPS) is 23.2. The van der Waals surface area contributed by atoms with Crippen LogP contribution in [0, 0.1) is 5.41 Å². The molecule has 8 heteroatoms. The lowest BCUT2D eigenvalue weighted by Gasteiger charge is -2.35. The smallest absolute Gasteiger partial charge is 0.394 e. The number of hydrogen-bond donors (Lipinski definition) is 1. The molecule has 4 rings (SSSR count). The van der Waals surface area contributed by atoms with E-state index in [-0.39, 0.29) is 25.0 Å². The van der Waals surface area contributed by atoms with E-state index < -0.39 is 11.7 Å². The molecule has 3 aliphatic rings. The van der Waals surface area contributed by atoms with E-state index in [0.29, 0.717) is 30.7 Å². The standard InChI is InChI=1S/C23H32F3N3O2/c24-23(25,26)18-2-1-3-19(16-18)28-11-5-21(31)29(15-14-28)20(17-30)4-10-27-12-8-22(6-7-22)9-13-27/h1-3,16,20,30H,4-15,17H2. The fourth-order valence-electron chi connectivity index (χ4n) is 4.97. The molecule has 0 aromatic heterocycles. The van der Waals surface area contributed by atoms with Crippen LogP contribution >= 0.6 is 0 Å². The number of likely N-dealkylation sites (tertiary alicyclic amines) is 1. The molecular weight excluding hydrogens is 407 g/mol. The average Bonchev–Trinajstić information content (AvgIpc) is 3.54. The summed E-state index contributed by atoms with van der Waals surface area (Å²) in [6, 6.07) is 5.02. The van der Waals surface area contributed by atoms with Crippen molar-refractivity contribution in [3.05, 3.63) is 29.8 Å². The van der Waals surface area contributed by atoms with Crippen LogP contribution in [0.4, 0.5) is 18.9 Å². The highest BCUT2D eigenvalue weighted by atomic mass is 19.4. The highest BCUT2D eigenvalue weighted by Gasteiger charge is 2.44. The van der Waals surface area contributed by atoms with E-state index in [4.69, 9.17) is 0 Å². The summed E-state index contributed by atoms with van der Waals surface area (Å²) in [5.41, 5.74) is 0.424. The SMILES string of the molecule is O=C1CCN(c2cccc(C(F)(F)F)c2)CCN1C(CO)CCN1CCC2(CC1)CC2. The van der Waals surface area contributed by atoms with E-state index >= 15 is 0 Å². The molecule has 2 heterocycles. The second-order valence-electron chi connectivity index (χ2n) is 9.34. The summed E-state index contributed by atoms with van der Waals surface area (Å²) >= 11 is 0. The van der Waals surface area contributed by atoms with Gasteiger partial charge in [-0.3, -0.25) is 4.79 Å². The van der Waals surface area contributed by atoms with Gasteiger partial charge in [-0.15, -0.1) is 0 Å². The maximum Gasteiger partial charge on any atom is 0.416 e. The van der Waals surface area contributed by atoms with E-state index in [1.807, 2.05) is 4.90 Å². The lowest BCUT2D eigenvalue weighted by molar-refractivity contribution is -0.137. The predicted octanol–water partition coefficient (Wildman–Crippen LogP) is 3.37. The van der Waals surface area contributed by atoms with Crippen LogP contribution in [0.15, 0.2) is 24.3 Å². The summed E-state index contributed by atoms with van der Waals surface area (Å²) in [6.45, 7) is 4.20. The van der Waals surface area contributed by atoms with Crippen molar-refractivity contribution in [3.63, 3.8) is 0 Å². The Kier molecular flexibility index (Phi) is 6.49. The zero-order chi connectivity index (χ0) is 22.1. The maximum absolute atomic E-state index is 13.1. The average molecular weight is 440 g/mol. The van der Waals surface area contributed by atoms with Gasteiger partial charge in [-0.1, -0.05) is 6.07 Å². The number of halogens is 3. The predicted molar refractivity (Wildman–Crippen MR) is 113 cm³/mol. The summed E-state index contributed by atoms with van der Waals surface area (Å²) in [5, 5.41) is 9.97. The molecule has 1 atom stereocenters. The van der Waals surface area contributed by atoms with Gasteiger partial charge in [0.2, 0.25) is 5.91 Å². The Balaban J connectivity index is 1.34. The van der Waals surface area contributed by atoms with Gasteiger partial charge in [0.15, 0.2) is 0 Å². The molecule has 1 amide bonds. The third kappa shape index (κ3) is 5.34. The Morgan fingerprint density at radius 1 is 1.03 bits per heavy atom. The molecule has 1 N–H and O–H groups in total. The Morgan fingerprint density at radius 2 is 1.77 bits per heavy atom. The number of rotatable bonds is 6. The van der Waals surface area contributed by atoms with Crippen LogP contribution in [-0.4, -0.2) is 72.7 Å². The number of aliphatic hydroxyl groups excluding tert-OH is 1. The molecule has 172 valence electrons. The number of hydrogen-bond acceptors (Lipinski definition) is 4. The molecule has 1 aliphatic carbocycles. The zero-order valence-electron chi connectivity index (χ0n) is 17.9. The summed E-state index contributed by atoms with van der Waals surface area (Å²) in [6.07, 6.45) is 1.81. The fraction of sp³-hybridized carbons (Fsp3) is 0.696. The lowest BCUT2D eigenvalue weighted by Crippen LogP contribution is -2.46. The molecule has 2 aliphatic heterocycles. The van der Waals surface area contributed by atoms with Crippen molar-refractivity contribution < 1.29 is 23.1 Å². The van der Waals surface area contributed by atoms with Gasteiger partial charge in [-0.25, -0.2) is 0 Å². The number of amides is 1. The minimum absolute atomic E-state index is 0.0379. The molecule has 3 fully saturated rings. The third-order valence-electron chi connectivity index (χ3n) is 7.37. The topological polar surface area (TPSA) is 47.0 Å². The molecule has 31 heavy (non-hydrogen) atoms. The van der Waals surface area contributed by atoms with Crippen molar-refractivity contribution in [2.75, 3.05) is 50.8 Å². The Bertz CT molecular complexity index is 772. The van der Waals surface area contributed by atoms with Crippen molar-refractivity contribution in [2.24, 2.45) is 5.41 Å². The second-order valence-corrected chi connectivity index (χ2v) is 9.34. The van der Waals surface area contributed by atoms with Crippen LogP contribution in [0.3, 0.4) is 0 Å². The summed E-state index contributed by atoms with van der Waals surface area (Å²) in [5.74, 6) is -0.0379. The van der Waals surface area contributed by atoms with Gasteiger partial charge in [0.25, 0.3) is 0 Å². The van der Waals surface area contributed by atoms with Crippen molar-refractivity contribution in [2.45, 2.75) is 50.7 Å². The number of anilines is 1. The third-order valence-corrected chi connectivity index (χ3v) is 7.37. The minimum atomic E-state index is -4.39. The molecule has 0 radical (unpaired) electrons. The van der Waals surface area contributed by atoms with Crippen molar-refractivity contribution in [1.29, 1.82) is 0 Å². The number of carbonyl (C=O) groups excluding carboxylic acids is 1. The monoisotopic (exact) mass is 439 g/mol. The highest BCUT2D eigenvalue weighted by Crippen LogP contribution is 2.53. The lowest BCUT2D eigenvalue weighted by atomic mass is 9.93. The molecule has 1 spiro atoms. The van der Waals surface area contributed by atoms with Crippen LogP contribution < -0.4 is 4.90 Å². The van der Waals surface area contributed by atoms with Crippen molar-refractivity contribution in [1.82, 2.24) is 9.80 Å². The van der Waals surface area contributed by atoms with Gasteiger partial charge in [0.1, 0.15) is 0 Å². The summed E-state index contributed by atoms with van der Waals surface area (Å²) in [4.78, 5) is 18.8. The number of nitrogens with zero attached hydrogens (tertiary/aromatic N) is 3. The van der Waals surface area contributed by atoms with E-state index in [2.05, 4.69) is 4.90 Å². The first-order valence-electron chi connectivity index (χ1n) is 11.3. The zero-order valence-corrected chi connectivity index (χ0v) is 17.9. The number of benzene rings is 1. The fourth-order valence-corrected chi connectivity index (χ4v) is 4.97. The van der Waals surface area contributed by atoms with Gasteiger partial charge in [0.05, 0.1) is 18.2 Å². The van der Waals surface area contributed by atoms with Gasteiger partial charge < -0.3 is 19.8 Å². The van der Waals surface area contributed by atoms with Gasteiger partial charge >= 0.3 is 6.18 Å². The molecule has 2 saturated heterocycles. The first-order chi connectivity index (χ1) is 14.8. The van der Waals surface area contributed by atoms with Crippen LogP contribution in [0.2, 0.25) is 0 Å². The molecule has 0 bridgehead atoms. The molecular formula is C23H32F3N3O2. The minimum Gasteiger partial charge on any atom is -0.394 e. The first kappa shape index (κ1) is 22.4. The number of aliphatic hydroxyl groups is 1. The molecule has 1 aromatic rings. The number of alkyl halides is 3. The first-order valence-corrected chi connectivity index (χ1v) is 11.3.